The molecule has 0 radical (unpaired) electrons. The fraction of sp³-hybridized carbons (Fsp3) is 0.214. The largest absolute Gasteiger partial charge is 0.488 e. The molecule has 5 heteroatoms. The number of benzene rings is 1. The van der Waals surface area contributed by atoms with Crippen LogP contribution in [0.4, 0.5) is 4.39 Å². The van der Waals surface area contributed by atoms with E-state index in [-0.39, 0.29) is 6.61 Å². The van der Waals surface area contributed by atoms with E-state index in [4.69, 9.17) is 4.74 Å². The molecule has 1 heterocycles. The molecule has 3 nitrogen and oxygen atoms in total. The molecule has 1 aromatic carbocycles. The summed E-state index contributed by atoms with van der Waals surface area (Å²) in [6, 6.07) is 6.75. The third-order valence-electron chi connectivity index (χ3n) is 2.58. The molecule has 0 aliphatic carbocycles. The number of hydrogen-bond acceptors (Lipinski definition) is 3. The highest BCUT2D eigenvalue weighted by Crippen LogP contribution is 2.29. The lowest BCUT2D eigenvalue weighted by Crippen LogP contribution is -2.01. The monoisotopic (exact) mass is 325 g/mol. The zero-order valence-corrected chi connectivity index (χ0v) is 11.9. The van der Waals surface area contributed by atoms with Crippen molar-refractivity contribution in [2.24, 2.45) is 0 Å². The topological polar surface area (TPSA) is 42.4 Å². The second kappa shape index (κ2) is 6.12. The first-order valence-corrected chi connectivity index (χ1v) is 6.55. The molecule has 0 spiro atoms. The van der Waals surface area contributed by atoms with Crippen molar-refractivity contribution in [2.45, 2.75) is 19.6 Å². The minimum atomic E-state index is -0.641. The van der Waals surface area contributed by atoms with E-state index in [1.807, 2.05) is 6.07 Å². The Kier molecular flexibility index (Phi) is 4.50. The fourth-order valence-corrected chi connectivity index (χ4v) is 2.05. The van der Waals surface area contributed by atoms with Crippen molar-refractivity contribution < 1.29 is 14.2 Å². The maximum atomic E-state index is 13.0. The smallest absolute Gasteiger partial charge is 0.141 e. The molecule has 0 saturated carbocycles. The molecule has 0 aliphatic heterocycles. The number of pyridine rings is 1. The van der Waals surface area contributed by atoms with Gasteiger partial charge in [0.15, 0.2) is 0 Å². The van der Waals surface area contributed by atoms with Gasteiger partial charge in [-0.05, 0) is 31.2 Å². The van der Waals surface area contributed by atoms with Crippen molar-refractivity contribution >= 4 is 15.9 Å². The fourth-order valence-electron chi connectivity index (χ4n) is 1.67. The van der Waals surface area contributed by atoms with E-state index in [1.54, 1.807) is 25.3 Å². The summed E-state index contributed by atoms with van der Waals surface area (Å²) in [5.41, 5.74) is 1.32. The Morgan fingerprint density at radius 3 is 2.84 bits per heavy atom. The van der Waals surface area contributed by atoms with E-state index in [2.05, 4.69) is 20.9 Å². The van der Waals surface area contributed by atoms with Crippen molar-refractivity contribution in [3.63, 3.8) is 0 Å². The number of nitrogens with zero attached hydrogens (tertiary/aromatic N) is 1. The van der Waals surface area contributed by atoms with Crippen LogP contribution in [-0.4, -0.2) is 10.1 Å². The van der Waals surface area contributed by atoms with Crippen LogP contribution in [-0.2, 0) is 6.61 Å². The average molecular weight is 326 g/mol. The second-order valence-electron chi connectivity index (χ2n) is 4.16. The highest BCUT2D eigenvalue weighted by atomic mass is 79.9. The quantitative estimate of drug-likeness (QED) is 0.933. The van der Waals surface area contributed by atoms with Crippen LogP contribution in [0.15, 0.2) is 41.1 Å². The number of rotatable bonds is 4. The third-order valence-corrected chi connectivity index (χ3v) is 3.07. The molecule has 1 N–H and O–H groups in total. The lowest BCUT2D eigenvalue weighted by Gasteiger charge is -2.13. The van der Waals surface area contributed by atoms with Gasteiger partial charge in [-0.2, -0.15) is 0 Å². The Bertz CT molecular complexity index is 575. The van der Waals surface area contributed by atoms with E-state index >= 15 is 0 Å². The maximum absolute atomic E-state index is 13.0. The number of aliphatic hydroxyl groups excluding tert-OH is 1. The van der Waals surface area contributed by atoms with E-state index in [0.29, 0.717) is 16.9 Å². The number of aliphatic hydroxyl groups is 1. The van der Waals surface area contributed by atoms with Gasteiger partial charge >= 0.3 is 0 Å². The van der Waals surface area contributed by atoms with Gasteiger partial charge in [-0.15, -0.1) is 0 Å². The Morgan fingerprint density at radius 2 is 2.16 bits per heavy atom. The van der Waals surface area contributed by atoms with Gasteiger partial charge < -0.3 is 9.84 Å². The van der Waals surface area contributed by atoms with Gasteiger partial charge in [0.05, 0.1) is 12.3 Å². The van der Waals surface area contributed by atoms with Crippen LogP contribution in [0, 0.1) is 5.82 Å². The standard InChI is InChI=1S/C14H13BrFNO2/c1-9(18)13-5-11(15)2-3-14(13)19-8-10-4-12(16)7-17-6-10/h2-7,9,18H,8H2,1H3/t9-/m1/s1. The van der Waals surface area contributed by atoms with E-state index in [0.717, 1.165) is 10.7 Å². The van der Waals surface area contributed by atoms with Crippen LogP contribution in [0.3, 0.4) is 0 Å². The normalized spacial score (nSPS) is 12.2. The summed E-state index contributed by atoms with van der Waals surface area (Å²) < 4.78 is 19.5. The first-order valence-electron chi connectivity index (χ1n) is 5.76. The lowest BCUT2D eigenvalue weighted by atomic mass is 10.1. The Labute approximate surface area is 119 Å². The molecule has 0 fully saturated rings. The number of ether oxygens (including phenoxy) is 1. The van der Waals surface area contributed by atoms with Crippen molar-refractivity contribution in [1.82, 2.24) is 4.98 Å². The molecule has 1 aromatic heterocycles. The predicted octanol–water partition coefficient (Wildman–Crippen LogP) is 3.62. The van der Waals surface area contributed by atoms with E-state index in [1.165, 1.54) is 6.07 Å². The molecular weight excluding hydrogens is 313 g/mol. The Morgan fingerprint density at radius 1 is 1.37 bits per heavy atom. The zero-order chi connectivity index (χ0) is 13.8. The summed E-state index contributed by atoms with van der Waals surface area (Å²) in [6.45, 7) is 1.87. The molecule has 0 unspecified atom stereocenters. The lowest BCUT2D eigenvalue weighted by molar-refractivity contribution is 0.190. The maximum Gasteiger partial charge on any atom is 0.141 e. The highest BCUT2D eigenvalue weighted by Gasteiger charge is 2.10. The number of halogens is 2. The van der Waals surface area contributed by atoms with E-state index in [9.17, 15) is 9.50 Å². The van der Waals surface area contributed by atoms with Gasteiger partial charge in [0.2, 0.25) is 0 Å². The summed E-state index contributed by atoms with van der Waals surface area (Å²) in [7, 11) is 0. The minimum absolute atomic E-state index is 0.201. The summed E-state index contributed by atoms with van der Waals surface area (Å²) in [5.74, 6) is 0.176. The van der Waals surface area contributed by atoms with Gasteiger partial charge in [0.25, 0.3) is 0 Å². The molecular formula is C14H13BrFNO2. The predicted molar refractivity (Wildman–Crippen MR) is 73.3 cm³/mol. The van der Waals surface area contributed by atoms with Gasteiger partial charge in [-0.25, -0.2) is 4.39 Å². The molecule has 0 bridgehead atoms. The Hall–Kier alpha value is -1.46. The van der Waals surface area contributed by atoms with Crippen LogP contribution < -0.4 is 4.74 Å². The van der Waals surface area contributed by atoms with Gasteiger partial charge in [0.1, 0.15) is 18.2 Å². The highest BCUT2D eigenvalue weighted by molar-refractivity contribution is 9.10. The van der Waals surface area contributed by atoms with Crippen LogP contribution >= 0.6 is 15.9 Å². The van der Waals surface area contributed by atoms with Crippen LogP contribution in [0.5, 0.6) is 5.75 Å². The minimum Gasteiger partial charge on any atom is -0.488 e. The van der Waals surface area contributed by atoms with Gasteiger partial charge in [-0.1, -0.05) is 15.9 Å². The molecule has 1 atom stereocenters. The van der Waals surface area contributed by atoms with Gasteiger partial charge in [0, 0.05) is 21.8 Å². The summed E-state index contributed by atoms with van der Waals surface area (Å²) in [6.07, 6.45) is 2.05. The first-order chi connectivity index (χ1) is 9.06. The van der Waals surface area contributed by atoms with Crippen molar-refractivity contribution in [3.05, 3.63) is 58.1 Å². The summed E-state index contributed by atoms with van der Waals surface area (Å²) >= 11 is 3.34. The van der Waals surface area contributed by atoms with Crippen LogP contribution in [0.1, 0.15) is 24.2 Å². The number of hydrogen-bond donors (Lipinski definition) is 1. The molecule has 0 saturated heterocycles. The van der Waals surface area contributed by atoms with Gasteiger partial charge in [-0.3, -0.25) is 4.98 Å². The zero-order valence-electron chi connectivity index (χ0n) is 10.3. The number of aromatic nitrogens is 1. The molecule has 19 heavy (non-hydrogen) atoms. The molecule has 0 aliphatic rings. The third kappa shape index (κ3) is 3.75. The molecule has 0 amide bonds. The van der Waals surface area contributed by atoms with Crippen molar-refractivity contribution in [2.75, 3.05) is 0 Å². The van der Waals surface area contributed by atoms with Crippen molar-refractivity contribution in [3.8, 4) is 5.75 Å². The molecule has 2 aromatic rings. The first kappa shape index (κ1) is 14.0. The second-order valence-corrected chi connectivity index (χ2v) is 5.07. The average Bonchev–Trinajstić information content (AvgIpc) is 2.37. The Balaban J connectivity index is 2.15. The molecule has 100 valence electrons. The summed E-state index contributed by atoms with van der Waals surface area (Å²) in [4.78, 5) is 3.76. The van der Waals surface area contributed by atoms with Crippen LogP contribution in [0.2, 0.25) is 0 Å². The van der Waals surface area contributed by atoms with Crippen LogP contribution in [0.25, 0.3) is 0 Å². The SMILES string of the molecule is C[C@@H](O)c1cc(Br)ccc1OCc1cncc(F)c1. The summed E-state index contributed by atoms with van der Waals surface area (Å²) in [5, 5.41) is 9.70. The van der Waals surface area contributed by atoms with Crippen molar-refractivity contribution in [1.29, 1.82) is 0 Å². The van der Waals surface area contributed by atoms with E-state index < -0.39 is 11.9 Å². The molecule has 2 rings (SSSR count).